The van der Waals surface area contributed by atoms with Crippen LogP contribution in [0.25, 0.3) is 0 Å². The zero-order chi connectivity index (χ0) is 15.1. The van der Waals surface area contributed by atoms with Crippen molar-refractivity contribution in [3.8, 4) is 0 Å². The number of hydrogen-bond donors (Lipinski definition) is 0. The molecule has 0 saturated carbocycles. The predicted molar refractivity (Wildman–Crippen MR) is 84.8 cm³/mol. The molecule has 0 aliphatic carbocycles. The van der Waals surface area contributed by atoms with Crippen molar-refractivity contribution in [3.05, 3.63) is 0 Å². The normalized spacial score (nSPS) is 11.4. The summed E-state index contributed by atoms with van der Waals surface area (Å²) in [7, 11) is 0. The van der Waals surface area contributed by atoms with Crippen LogP contribution in [0.4, 0.5) is 0 Å². The summed E-state index contributed by atoms with van der Waals surface area (Å²) in [6.07, 6.45) is 9.61. The molecule has 126 valence electrons. The molecule has 0 aromatic carbocycles. The molecule has 0 bridgehead atoms. The van der Waals surface area contributed by atoms with Crippen molar-refractivity contribution < 1.29 is 35.9 Å². The second-order valence-electron chi connectivity index (χ2n) is 5.39. The number of unbranched alkanes of at least 4 members (excludes halogenated alkanes) is 4. The van der Waals surface area contributed by atoms with Gasteiger partial charge < -0.3 is 14.2 Å². The average Bonchev–Trinajstić information content (AvgIpc) is 2.46. The van der Waals surface area contributed by atoms with Crippen molar-refractivity contribution in [1.82, 2.24) is 0 Å². The van der Waals surface area contributed by atoms with Gasteiger partial charge in [-0.2, -0.15) is 0 Å². The molecule has 4 heteroatoms. The molecular weight excluding hydrogens is 300 g/mol. The van der Waals surface area contributed by atoms with Gasteiger partial charge in [0.25, 0.3) is 5.97 Å². The van der Waals surface area contributed by atoms with Gasteiger partial charge in [-0.05, 0) is 25.7 Å². The summed E-state index contributed by atoms with van der Waals surface area (Å²) in [4.78, 5) is 0. The third-order valence-corrected chi connectivity index (χ3v) is 3.30. The van der Waals surface area contributed by atoms with Crippen LogP contribution in [0.15, 0.2) is 0 Å². The molecule has 0 aromatic heterocycles. The van der Waals surface area contributed by atoms with Crippen LogP contribution in [-0.2, 0) is 35.9 Å². The van der Waals surface area contributed by atoms with Gasteiger partial charge in [0.1, 0.15) is 0 Å². The van der Waals surface area contributed by atoms with Gasteiger partial charge in [-0.1, -0.05) is 53.4 Å². The Bertz CT molecular complexity index is 174. The van der Waals surface area contributed by atoms with E-state index in [0.717, 1.165) is 77.6 Å². The zero-order valence-corrected chi connectivity index (χ0v) is 16.3. The second kappa shape index (κ2) is 17.0. The average molecular weight is 336 g/mol. The molecule has 0 fully saturated rings. The number of rotatable bonds is 15. The molecule has 21 heavy (non-hydrogen) atoms. The van der Waals surface area contributed by atoms with Crippen LogP contribution in [0.3, 0.4) is 0 Å². The Labute approximate surface area is 147 Å². The molecule has 0 N–H and O–H groups in total. The van der Waals surface area contributed by atoms with Crippen LogP contribution >= 0.6 is 0 Å². The molecule has 0 aliphatic rings. The molecular formula is C17H36O3Ti. The van der Waals surface area contributed by atoms with E-state index in [4.69, 9.17) is 14.2 Å². The van der Waals surface area contributed by atoms with Crippen LogP contribution in [0, 0.1) is 0 Å². The monoisotopic (exact) mass is 336 g/mol. The summed E-state index contributed by atoms with van der Waals surface area (Å²) < 4.78 is 18.1. The first-order chi connectivity index (χ1) is 9.74. The van der Waals surface area contributed by atoms with E-state index in [1.807, 2.05) is 0 Å². The molecule has 0 rings (SSSR count). The maximum Gasteiger partial charge on any atom is 0.282 e. The van der Waals surface area contributed by atoms with E-state index in [1.54, 1.807) is 0 Å². The van der Waals surface area contributed by atoms with Crippen LogP contribution in [0.1, 0.15) is 85.5 Å². The van der Waals surface area contributed by atoms with Crippen LogP contribution in [-0.4, -0.2) is 25.8 Å². The van der Waals surface area contributed by atoms with Crippen molar-refractivity contribution in [2.75, 3.05) is 19.8 Å². The molecule has 0 atom stereocenters. The summed E-state index contributed by atoms with van der Waals surface area (Å²) in [6, 6.07) is 0. The van der Waals surface area contributed by atoms with Gasteiger partial charge in [-0.25, -0.2) is 0 Å². The van der Waals surface area contributed by atoms with E-state index in [2.05, 4.69) is 27.7 Å². The molecule has 0 aromatic rings. The third kappa shape index (κ3) is 12.8. The van der Waals surface area contributed by atoms with E-state index in [1.165, 1.54) is 0 Å². The molecule has 0 spiro atoms. The fourth-order valence-corrected chi connectivity index (χ4v) is 1.85. The Morgan fingerprint density at radius 1 is 0.571 bits per heavy atom. The summed E-state index contributed by atoms with van der Waals surface area (Å²) >= 11 is 0. The standard InChI is InChI=1S/C17H36O3.Ti/c1-5-9-13-17(18-14-10-6-2,19-15-11-7-3)20-16-12-8-4;/h5-16H2,1-4H3;. The van der Waals surface area contributed by atoms with Gasteiger partial charge in [0, 0.05) is 28.1 Å². The maximum absolute atomic E-state index is 6.02. The van der Waals surface area contributed by atoms with E-state index in [0.29, 0.717) is 0 Å². The molecule has 0 unspecified atom stereocenters. The summed E-state index contributed by atoms with van der Waals surface area (Å²) in [6.45, 7) is 10.9. The Morgan fingerprint density at radius 2 is 0.905 bits per heavy atom. The van der Waals surface area contributed by atoms with Crippen molar-refractivity contribution in [1.29, 1.82) is 0 Å². The Kier molecular flexibility index (Phi) is 19.3. The van der Waals surface area contributed by atoms with E-state index >= 15 is 0 Å². The fourth-order valence-electron chi connectivity index (χ4n) is 1.85. The third-order valence-electron chi connectivity index (χ3n) is 3.30. The minimum atomic E-state index is -0.796. The first kappa shape index (κ1) is 23.9. The summed E-state index contributed by atoms with van der Waals surface area (Å²) in [5.74, 6) is -0.796. The second-order valence-corrected chi connectivity index (χ2v) is 5.39. The van der Waals surface area contributed by atoms with Gasteiger partial charge in [-0.3, -0.25) is 0 Å². The van der Waals surface area contributed by atoms with Crippen LogP contribution in [0.2, 0.25) is 0 Å². The van der Waals surface area contributed by atoms with Crippen molar-refractivity contribution in [2.24, 2.45) is 0 Å². The quantitative estimate of drug-likeness (QED) is 0.231. The van der Waals surface area contributed by atoms with Gasteiger partial charge in [0.2, 0.25) is 0 Å². The zero-order valence-electron chi connectivity index (χ0n) is 14.7. The van der Waals surface area contributed by atoms with Gasteiger partial charge >= 0.3 is 0 Å². The fraction of sp³-hybridized carbons (Fsp3) is 1.00. The number of hydrogen-bond acceptors (Lipinski definition) is 3. The Balaban J connectivity index is 0. The SMILES string of the molecule is CCCCOC(CCCC)(OCCCC)OCCCC.[Ti]. The first-order valence-corrected chi connectivity index (χ1v) is 8.66. The van der Waals surface area contributed by atoms with Gasteiger partial charge in [-0.15, -0.1) is 0 Å². The van der Waals surface area contributed by atoms with Crippen molar-refractivity contribution in [3.63, 3.8) is 0 Å². The predicted octanol–water partition coefficient (Wildman–Crippen LogP) is 5.28. The minimum Gasteiger partial charge on any atom is -0.327 e. The molecule has 0 saturated heterocycles. The summed E-state index contributed by atoms with van der Waals surface area (Å²) in [5.41, 5.74) is 0. The molecule has 0 radical (unpaired) electrons. The Morgan fingerprint density at radius 3 is 1.19 bits per heavy atom. The topological polar surface area (TPSA) is 27.7 Å². The smallest absolute Gasteiger partial charge is 0.282 e. The van der Waals surface area contributed by atoms with Crippen LogP contribution < -0.4 is 0 Å². The van der Waals surface area contributed by atoms with Crippen molar-refractivity contribution in [2.45, 2.75) is 91.5 Å². The van der Waals surface area contributed by atoms with Crippen molar-refractivity contribution >= 4 is 0 Å². The summed E-state index contributed by atoms with van der Waals surface area (Å²) in [5, 5.41) is 0. The molecule has 0 heterocycles. The first-order valence-electron chi connectivity index (χ1n) is 8.66. The van der Waals surface area contributed by atoms with E-state index in [-0.39, 0.29) is 21.7 Å². The van der Waals surface area contributed by atoms with Crippen LogP contribution in [0.5, 0.6) is 0 Å². The largest absolute Gasteiger partial charge is 0.327 e. The minimum absolute atomic E-state index is 0. The van der Waals surface area contributed by atoms with Gasteiger partial charge in [0.15, 0.2) is 0 Å². The molecule has 0 amide bonds. The molecule has 0 aliphatic heterocycles. The Hall–Kier alpha value is 0.594. The molecule has 3 nitrogen and oxygen atoms in total. The van der Waals surface area contributed by atoms with Gasteiger partial charge in [0.05, 0.1) is 19.8 Å². The maximum atomic E-state index is 6.02. The van der Waals surface area contributed by atoms with E-state index in [9.17, 15) is 0 Å². The number of ether oxygens (including phenoxy) is 3. The van der Waals surface area contributed by atoms with E-state index < -0.39 is 5.97 Å².